The number of amides is 3. The molecule has 41 heavy (non-hydrogen) atoms. The van der Waals surface area contributed by atoms with E-state index in [1.54, 1.807) is 28.9 Å². The van der Waals surface area contributed by atoms with Crippen LogP contribution in [0, 0.1) is 5.92 Å². The Kier molecular flexibility index (Phi) is 7.39. The Labute approximate surface area is 246 Å². The van der Waals surface area contributed by atoms with Crippen LogP contribution < -0.4 is 10.2 Å². The zero-order chi connectivity index (χ0) is 28.7. The number of carbonyl (C=O) groups excluding carboxylic acids is 3. The summed E-state index contributed by atoms with van der Waals surface area (Å²) in [6, 6.07) is 9.65. The van der Waals surface area contributed by atoms with Gasteiger partial charge in [-0.05, 0) is 48.7 Å². The SMILES string of the molecule is Cn1cc2cc(NC(=O)C(CC3CCCC3)N3CC(=O)N(c4cc(Cl)ccc4-n4cc(Cl)nn4)CC3=O)ccc2n1. The van der Waals surface area contributed by atoms with E-state index in [1.165, 1.54) is 20.7 Å². The summed E-state index contributed by atoms with van der Waals surface area (Å²) in [5.74, 6) is -0.659. The normalized spacial score (nSPS) is 17.0. The van der Waals surface area contributed by atoms with Crippen LogP contribution in [0.15, 0.2) is 48.8 Å². The van der Waals surface area contributed by atoms with Gasteiger partial charge in [-0.3, -0.25) is 24.0 Å². The third-order valence-electron chi connectivity index (χ3n) is 7.76. The molecule has 2 aromatic heterocycles. The molecule has 1 saturated heterocycles. The largest absolute Gasteiger partial charge is 0.324 e. The van der Waals surface area contributed by atoms with Gasteiger partial charge < -0.3 is 10.2 Å². The molecule has 0 radical (unpaired) electrons. The Bertz CT molecular complexity index is 1640. The number of halogens is 2. The summed E-state index contributed by atoms with van der Waals surface area (Å²) < 4.78 is 3.14. The molecular weight excluding hydrogens is 567 g/mol. The van der Waals surface area contributed by atoms with Gasteiger partial charge in [-0.25, -0.2) is 4.68 Å². The van der Waals surface area contributed by atoms with Gasteiger partial charge in [-0.15, -0.1) is 5.10 Å². The van der Waals surface area contributed by atoms with Crippen molar-refractivity contribution in [3.05, 3.63) is 59.0 Å². The van der Waals surface area contributed by atoms with Gasteiger partial charge in [-0.2, -0.15) is 5.10 Å². The van der Waals surface area contributed by atoms with Crippen LogP contribution in [0.2, 0.25) is 10.2 Å². The fourth-order valence-electron chi connectivity index (χ4n) is 5.79. The molecule has 212 valence electrons. The van der Waals surface area contributed by atoms with Crippen LogP contribution in [0.25, 0.3) is 16.6 Å². The molecule has 1 aliphatic carbocycles. The number of benzene rings is 2. The molecule has 2 aromatic carbocycles. The molecule has 13 heteroatoms. The monoisotopic (exact) mass is 594 g/mol. The number of aromatic nitrogens is 5. The van der Waals surface area contributed by atoms with Crippen molar-refractivity contribution in [2.75, 3.05) is 23.3 Å². The highest BCUT2D eigenvalue weighted by atomic mass is 35.5. The van der Waals surface area contributed by atoms with Crippen molar-refractivity contribution < 1.29 is 14.4 Å². The summed E-state index contributed by atoms with van der Waals surface area (Å²) in [6.07, 6.45) is 8.07. The van der Waals surface area contributed by atoms with E-state index in [1.807, 2.05) is 25.4 Å². The van der Waals surface area contributed by atoms with Crippen molar-refractivity contribution in [3.63, 3.8) is 0 Å². The van der Waals surface area contributed by atoms with Crippen LogP contribution in [0.3, 0.4) is 0 Å². The van der Waals surface area contributed by atoms with E-state index in [0.29, 0.717) is 34.4 Å². The van der Waals surface area contributed by atoms with Crippen molar-refractivity contribution in [1.82, 2.24) is 29.7 Å². The van der Waals surface area contributed by atoms with Crippen molar-refractivity contribution in [1.29, 1.82) is 0 Å². The van der Waals surface area contributed by atoms with E-state index in [9.17, 15) is 14.4 Å². The van der Waals surface area contributed by atoms with Crippen LogP contribution >= 0.6 is 23.2 Å². The highest BCUT2D eigenvalue weighted by Gasteiger charge is 2.40. The maximum Gasteiger partial charge on any atom is 0.247 e. The zero-order valence-corrected chi connectivity index (χ0v) is 23.8. The summed E-state index contributed by atoms with van der Waals surface area (Å²) >= 11 is 12.2. The van der Waals surface area contributed by atoms with Crippen LogP contribution in [0.4, 0.5) is 11.4 Å². The zero-order valence-electron chi connectivity index (χ0n) is 22.3. The van der Waals surface area contributed by atoms with E-state index >= 15 is 0 Å². The maximum atomic E-state index is 13.7. The average Bonchev–Trinajstić information content (AvgIpc) is 3.69. The number of anilines is 2. The Balaban J connectivity index is 1.26. The van der Waals surface area contributed by atoms with E-state index < -0.39 is 6.04 Å². The van der Waals surface area contributed by atoms with Gasteiger partial charge in [0.2, 0.25) is 17.7 Å². The quantitative estimate of drug-likeness (QED) is 0.342. The molecule has 3 heterocycles. The molecule has 0 spiro atoms. The van der Waals surface area contributed by atoms with Gasteiger partial charge in [0.05, 0.1) is 23.1 Å². The number of nitrogens with zero attached hydrogens (tertiary/aromatic N) is 7. The van der Waals surface area contributed by atoms with Crippen molar-refractivity contribution in [2.45, 2.75) is 38.1 Å². The van der Waals surface area contributed by atoms with Crippen LogP contribution in [-0.4, -0.2) is 66.5 Å². The van der Waals surface area contributed by atoms with Gasteiger partial charge in [0, 0.05) is 29.3 Å². The van der Waals surface area contributed by atoms with E-state index in [4.69, 9.17) is 23.2 Å². The van der Waals surface area contributed by atoms with Crippen LogP contribution in [0.5, 0.6) is 0 Å². The number of aryl methyl sites for hydroxylation is 1. The Morgan fingerprint density at radius 3 is 2.59 bits per heavy atom. The minimum atomic E-state index is -0.783. The van der Waals surface area contributed by atoms with Gasteiger partial charge in [0.25, 0.3) is 0 Å². The van der Waals surface area contributed by atoms with Crippen LogP contribution in [0.1, 0.15) is 32.1 Å². The molecule has 1 aliphatic heterocycles. The molecule has 11 nitrogen and oxygen atoms in total. The van der Waals surface area contributed by atoms with Gasteiger partial charge in [-0.1, -0.05) is 54.1 Å². The molecule has 0 bridgehead atoms. The Morgan fingerprint density at radius 2 is 1.83 bits per heavy atom. The first kappa shape index (κ1) is 27.2. The molecule has 1 atom stereocenters. The second-order valence-electron chi connectivity index (χ2n) is 10.6. The first-order chi connectivity index (χ1) is 19.7. The minimum Gasteiger partial charge on any atom is -0.324 e. The molecule has 1 N–H and O–H groups in total. The van der Waals surface area contributed by atoms with Gasteiger partial charge in [0.15, 0.2) is 5.15 Å². The molecular formula is C28H28Cl2N8O3. The van der Waals surface area contributed by atoms with Crippen LogP contribution in [-0.2, 0) is 21.4 Å². The summed E-state index contributed by atoms with van der Waals surface area (Å²) in [7, 11) is 1.84. The lowest BCUT2D eigenvalue weighted by Crippen LogP contribution is -2.60. The number of carbonyl (C=O) groups is 3. The minimum absolute atomic E-state index is 0.182. The van der Waals surface area contributed by atoms with Gasteiger partial charge >= 0.3 is 0 Å². The predicted molar refractivity (Wildman–Crippen MR) is 155 cm³/mol. The average molecular weight is 595 g/mol. The molecule has 3 amide bonds. The third kappa shape index (κ3) is 5.64. The molecule has 6 rings (SSSR count). The number of hydrogen-bond donors (Lipinski definition) is 1. The van der Waals surface area contributed by atoms with E-state index in [0.717, 1.165) is 36.6 Å². The number of rotatable bonds is 7. The smallest absolute Gasteiger partial charge is 0.247 e. The topological polar surface area (TPSA) is 118 Å². The first-order valence-corrected chi connectivity index (χ1v) is 14.2. The van der Waals surface area contributed by atoms with Crippen molar-refractivity contribution in [2.24, 2.45) is 13.0 Å². The van der Waals surface area contributed by atoms with E-state index in [-0.39, 0.29) is 36.0 Å². The maximum absolute atomic E-state index is 13.7. The summed E-state index contributed by atoms with van der Waals surface area (Å²) in [5.41, 5.74) is 2.32. The second-order valence-corrected chi connectivity index (χ2v) is 11.4. The number of hydrogen-bond acceptors (Lipinski definition) is 6. The summed E-state index contributed by atoms with van der Waals surface area (Å²) in [6.45, 7) is -0.486. The first-order valence-electron chi connectivity index (χ1n) is 13.5. The predicted octanol–water partition coefficient (Wildman–Crippen LogP) is 4.22. The van der Waals surface area contributed by atoms with E-state index in [2.05, 4.69) is 20.7 Å². The highest BCUT2D eigenvalue weighted by molar-refractivity contribution is 6.31. The number of piperazine rings is 1. The fraction of sp³-hybridized carbons (Fsp3) is 0.357. The highest BCUT2D eigenvalue weighted by Crippen LogP contribution is 2.33. The lowest BCUT2D eigenvalue weighted by molar-refractivity contribution is -0.144. The molecule has 2 fully saturated rings. The molecule has 1 saturated carbocycles. The number of fused-ring (bicyclic) bond motifs is 1. The van der Waals surface area contributed by atoms with Crippen molar-refractivity contribution in [3.8, 4) is 5.69 Å². The third-order valence-corrected chi connectivity index (χ3v) is 8.17. The molecule has 1 unspecified atom stereocenters. The standard InChI is InChI=1S/C28H28Cl2N8O3/c1-35-13-18-11-20(7-8-21(18)33-35)31-28(41)24(10-17-4-2-3-5-17)37-16-26(39)36(15-27(37)40)23-12-19(29)6-9-22(23)38-14-25(30)32-34-38/h6-9,11-14,17,24H,2-5,10,15-16H2,1H3,(H,31,41). The summed E-state index contributed by atoms with van der Waals surface area (Å²) in [4.78, 5) is 43.8. The number of nitrogens with one attached hydrogen (secondary N) is 1. The Hall–Kier alpha value is -3.96. The van der Waals surface area contributed by atoms with Crippen molar-refractivity contribution >= 4 is 63.2 Å². The fourth-order valence-corrected chi connectivity index (χ4v) is 6.09. The molecule has 2 aliphatic rings. The van der Waals surface area contributed by atoms with Gasteiger partial charge in [0.1, 0.15) is 19.1 Å². The lowest BCUT2D eigenvalue weighted by Gasteiger charge is -2.39. The summed E-state index contributed by atoms with van der Waals surface area (Å²) in [5, 5.41) is 16.6. The Morgan fingerprint density at radius 1 is 1.02 bits per heavy atom. The lowest BCUT2D eigenvalue weighted by atomic mass is 9.96. The second kappa shape index (κ2) is 11.1. The molecule has 4 aromatic rings.